The molecule has 0 aromatic heterocycles. The van der Waals surface area contributed by atoms with Crippen molar-refractivity contribution >= 4 is 39.3 Å². The second-order valence-corrected chi connectivity index (χ2v) is 7.01. The second-order valence-electron chi connectivity index (χ2n) is 5.72. The molecule has 0 unspecified atom stereocenters. The quantitative estimate of drug-likeness (QED) is 0.733. The van der Waals surface area contributed by atoms with E-state index in [0.717, 1.165) is 0 Å². The van der Waals surface area contributed by atoms with E-state index in [2.05, 4.69) is 15.9 Å². The van der Waals surface area contributed by atoms with E-state index in [1.807, 2.05) is 0 Å². The van der Waals surface area contributed by atoms with Crippen LogP contribution in [0, 0.1) is 5.82 Å². The van der Waals surface area contributed by atoms with Crippen LogP contribution >= 0.6 is 27.5 Å². The summed E-state index contributed by atoms with van der Waals surface area (Å²) in [6.07, 6.45) is 0. The Morgan fingerprint density at radius 1 is 0.960 bits per heavy atom. The van der Waals surface area contributed by atoms with Gasteiger partial charge in [0.05, 0.1) is 5.56 Å². The molecule has 1 heterocycles. The van der Waals surface area contributed by atoms with E-state index in [9.17, 15) is 14.0 Å². The van der Waals surface area contributed by atoms with Gasteiger partial charge in [0, 0.05) is 41.2 Å². The summed E-state index contributed by atoms with van der Waals surface area (Å²) in [5, 5.41) is 0.510. The molecule has 25 heavy (non-hydrogen) atoms. The number of hydrogen-bond donors (Lipinski definition) is 0. The molecule has 0 N–H and O–H groups in total. The molecule has 0 bridgehead atoms. The van der Waals surface area contributed by atoms with Gasteiger partial charge in [-0.25, -0.2) is 4.39 Å². The first-order valence-corrected chi connectivity index (χ1v) is 8.92. The van der Waals surface area contributed by atoms with Crippen LogP contribution in [-0.2, 0) is 0 Å². The fourth-order valence-corrected chi connectivity index (χ4v) is 3.35. The first kappa shape index (κ1) is 17.9. The summed E-state index contributed by atoms with van der Waals surface area (Å²) in [4.78, 5) is 28.4. The minimum Gasteiger partial charge on any atom is -0.335 e. The Bertz CT molecular complexity index is 822. The molecule has 1 fully saturated rings. The number of nitrogens with zero attached hydrogens (tertiary/aromatic N) is 2. The highest BCUT2D eigenvalue weighted by Gasteiger charge is 2.26. The maximum absolute atomic E-state index is 13.4. The first-order chi connectivity index (χ1) is 12.0. The Morgan fingerprint density at radius 3 is 2.24 bits per heavy atom. The minimum absolute atomic E-state index is 0.110. The molecule has 1 aliphatic heterocycles. The Hall–Kier alpha value is -1.92. The predicted molar refractivity (Wildman–Crippen MR) is 97.4 cm³/mol. The lowest BCUT2D eigenvalue weighted by atomic mass is 10.1. The summed E-state index contributed by atoms with van der Waals surface area (Å²) < 4.78 is 14.0. The Kier molecular flexibility index (Phi) is 5.39. The van der Waals surface area contributed by atoms with Gasteiger partial charge < -0.3 is 9.80 Å². The molecule has 0 saturated carbocycles. The second kappa shape index (κ2) is 7.54. The Labute approximate surface area is 158 Å². The Morgan fingerprint density at radius 2 is 1.60 bits per heavy atom. The van der Waals surface area contributed by atoms with Gasteiger partial charge in [0.15, 0.2) is 0 Å². The van der Waals surface area contributed by atoms with Crippen LogP contribution in [0.15, 0.2) is 46.9 Å². The van der Waals surface area contributed by atoms with Crippen molar-refractivity contribution in [1.29, 1.82) is 0 Å². The summed E-state index contributed by atoms with van der Waals surface area (Å²) in [7, 11) is 0. The van der Waals surface area contributed by atoms with Crippen molar-refractivity contribution in [2.45, 2.75) is 0 Å². The highest BCUT2D eigenvalue weighted by Crippen LogP contribution is 2.21. The van der Waals surface area contributed by atoms with Crippen molar-refractivity contribution in [3.8, 4) is 0 Å². The van der Waals surface area contributed by atoms with E-state index in [1.165, 1.54) is 18.2 Å². The van der Waals surface area contributed by atoms with Crippen molar-refractivity contribution in [1.82, 2.24) is 9.80 Å². The summed E-state index contributed by atoms with van der Waals surface area (Å²) in [5.74, 6) is -0.816. The number of carbonyl (C=O) groups excluding carboxylic acids is 2. The van der Waals surface area contributed by atoms with Crippen LogP contribution in [0.5, 0.6) is 0 Å². The van der Waals surface area contributed by atoms with Crippen LogP contribution in [-0.4, -0.2) is 47.8 Å². The van der Waals surface area contributed by atoms with E-state index in [-0.39, 0.29) is 17.4 Å². The van der Waals surface area contributed by atoms with Crippen molar-refractivity contribution in [2.24, 2.45) is 0 Å². The van der Waals surface area contributed by atoms with Crippen LogP contribution in [0.4, 0.5) is 4.39 Å². The first-order valence-electron chi connectivity index (χ1n) is 7.75. The van der Waals surface area contributed by atoms with Crippen LogP contribution in [0.1, 0.15) is 20.7 Å². The van der Waals surface area contributed by atoms with Gasteiger partial charge in [-0.05, 0) is 52.3 Å². The number of rotatable bonds is 2. The topological polar surface area (TPSA) is 40.6 Å². The molecule has 7 heteroatoms. The monoisotopic (exact) mass is 424 g/mol. The third-order valence-electron chi connectivity index (χ3n) is 4.08. The molecule has 4 nitrogen and oxygen atoms in total. The van der Waals surface area contributed by atoms with Crippen LogP contribution in [0.25, 0.3) is 0 Å². The molecule has 2 amide bonds. The van der Waals surface area contributed by atoms with Gasteiger partial charge in [-0.2, -0.15) is 0 Å². The van der Waals surface area contributed by atoms with E-state index >= 15 is 0 Å². The molecule has 2 aromatic carbocycles. The van der Waals surface area contributed by atoms with Crippen LogP contribution in [0.2, 0.25) is 5.02 Å². The largest absolute Gasteiger partial charge is 0.335 e. The number of benzene rings is 2. The zero-order valence-corrected chi connectivity index (χ0v) is 15.6. The van der Waals surface area contributed by atoms with Gasteiger partial charge in [-0.3, -0.25) is 9.59 Å². The zero-order chi connectivity index (χ0) is 18.0. The number of amides is 2. The van der Waals surface area contributed by atoms with E-state index in [4.69, 9.17) is 11.6 Å². The van der Waals surface area contributed by atoms with Gasteiger partial charge >= 0.3 is 0 Å². The molecule has 3 rings (SSSR count). The van der Waals surface area contributed by atoms with Crippen molar-refractivity contribution in [2.75, 3.05) is 26.2 Å². The summed E-state index contributed by atoms with van der Waals surface area (Å²) in [6, 6.07) is 10.8. The molecule has 0 aliphatic carbocycles. The number of piperazine rings is 1. The zero-order valence-electron chi connectivity index (χ0n) is 13.2. The molecule has 1 saturated heterocycles. The lowest BCUT2D eigenvalue weighted by Gasteiger charge is -2.35. The van der Waals surface area contributed by atoms with Gasteiger partial charge in [-0.15, -0.1) is 0 Å². The van der Waals surface area contributed by atoms with E-state index in [1.54, 1.807) is 34.1 Å². The van der Waals surface area contributed by atoms with E-state index in [0.29, 0.717) is 41.2 Å². The molecular formula is C18H15BrClFN2O2. The molecule has 2 aromatic rings. The lowest BCUT2D eigenvalue weighted by molar-refractivity contribution is 0.0535. The highest BCUT2D eigenvalue weighted by atomic mass is 79.9. The maximum Gasteiger partial charge on any atom is 0.255 e. The maximum atomic E-state index is 13.4. The average Bonchev–Trinajstić information content (AvgIpc) is 2.62. The minimum atomic E-state index is -0.457. The summed E-state index contributed by atoms with van der Waals surface area (Å²) >= 11 is 9.21. The number of halogens is 3. The van der Waals surface area contributed by atoms with Gasteiger partial charge in [0.1, 0.15) is 5.82 Å². The third-order valence-corrected chi connectivity index (χ3v) is 5.01. The Balaban J connectivity index is 1.66. The summed E-state index contributed by atoms with van der Waals surface area (Å²) in [6.45, 7) is 1.64. The summed E-state index contributed by atoms with van der Waals surface area (Å²) in [5.41, 5.74) is 0.815. The van der Waals surface area contributed by atoms with Gasteiger partial charge in [-0.1, -0.05) is 17.7 Å². The van der Waals surface area contributed by atoms with E-state index < -0.39 is 5.82 Å². The lowest BCUT2D eigenvalue weighted by Crippen LogP contribution is -2.50. The van der Waals surface area contributed by atoms with Gasteiger partial charge in [0.25, 0.3) is 11.8 Å². The fraction of sp³-hybridized carbons (Fsp3) is 0.222. The SMILES string of the molecule is O=C(c1cccc(Cl)c1)N1CCN(C(=O)c2cc(F)ccc2Br)CC1. The molecule has 0 spiro atoms. The third kappa shape index (κ3) is 4.02. The van der Waals surface area contributed by atoms with Crippen molar-refractivity contribution < 1.29 is 14.0 Å². The molecule has 130 valence electrons. The average molecular weight is 426 g/mol. The molecular weight excluding hydrogens is 411 g/mol. The smallest absolute Gasteiger partial charge is 0.255 e. The fourth-order valence-electron chi connectivity index (χ4n) is 2.75. The van der Waals surface area contributed by atoms with Crippen LogP contribution in [0.3, 0.4) is 0 Å². The normalized spacial score (nSPS) is 14.5. The molecule has 1 aliphatic rings. The molecule has 0 atom stereocenters. The predicted octanol–water partition coefficient (Wildman–Crippen LogP) is 3.84. The van der Waals surface area contributed by atoms with Crippen molar-refractivity contribution in [3.05, 3.63) is 68.9 Å². The van der Waals surface area contributed by atoms with Crippen molar-refractivity contribution in [3.63, 3.8) is 0 Å². The molecule has 0 radical (unpaired) electrons. The number of carbonyl (C=O) groups is 2. The van der Waals surface area contributed by atoms with Gasteiger partial charge in [0.2, 0.25) is 0 Å². The standard InChI is InChI=1S/C18H15BrClFN2O2/c19-16-5-4-14(21)11-15(16)18(25)23-8-6-22(7-9-23)17(24)12-2-1-3-13(20)10-12/h1-5,10-11H,6-9H2. The highest BCUT2D eigenvalue weighted by molar-refractivity contribution is 9.10. The van der Waals surface area contributed by atoms with Crippen LogP contribution < -0.4 is 0 Å². The number of hydrogen-bond acceptors (Lipinski definition) is 2.